The number of hydrogen-bond acceptors (Lipinski definition) is 5. The zero-order chi connectivity index (χ0) is 17.0. The van der Waals surface area contributed by atoms with Crippen molar-refractivity contribution in [3.8, 4) is 0 Å². The summed E-state index contributed by atoms with van der Waals surface area (Å²) in [5.74, 6) is 0. The van der Waals surface area contributed by atoms with E-state index in [2.05, 4.69) is 38.3 Å². The van der Waals surface area contributed by atoms with Crippen LogP contribution in [0.15, 0.2) is 47.7 Å². The van der Waals surface area contributed by atoms with Gasteiger partial charge in [-0.25, -0.2) is 4.68 Å². The number of nitrogens with one attached hydrogen (secondary N) is 2. The number of aromatic nitrogens is 3. The summed E-state index contributed by atoms with van der Waals surface area (Å²) in [5.41, 5.74) is 4.65. The predicted octanol–water partition coefficient (Wildman–Crippen LogP) is 1.44. The Balaban J connectivity index is 1.74. The third kappa shape index (κ3) is 6.67. The lowest BCUT2D eigenvalue weighted by Crippen LogP contribution is -2.34. The summed E-state index contributed by atoms with van der Waals surface area (Å²) in [5, 5.41) is 15.6. The van der Waals surface area contributed by atoms with E-state index >= 15 is 0 Å². The molecule has 24 heavy (non-hydrogen) atoms. The minimum absolute atomic E-state index is 0.450. The van der Waals surface area contributed by atoms with Crippen LogP contribution in [0.25, 0.3) is 6.08 Å². The average Bonchev–Trinajstić information content (AvgIpc) is 3.03. The van der Waals surface area contributed by atoms with E-state index in [0.29, 0.717) is 24.8 Å². The molecule has 0 saturated heterocycles. The molecule has 1 aromatic heterocycles. The third-order valence-electron chi connectivity index (χ3n) is 2.93. The molecule has 0 bridgehead atoms. The summed E-state index contributed by atoms with van der Waals surface area (Å²) in [7, 11) is 1.64. The van der Waals surface area contributed by atoms with Crippen molar-refractivity contribution in [2.45, 2.75) is 6.54 Å². The molecule has 0 amide bonds. The lowest BCUT2D eigenvalue weighted by atomic mass is 10.2. The quantitative estimate of drug-likeness (QED) is 0.327. The smallest absolute Gasteiger partial charge is 0.187 e. The van der Waals surface area contributed by atoms with Gasteiger partial charge < -0.3 is 10.1 Å². The second kappa shape index (κ2) is 10.2. The summed E-state index contributed by atoms with van der Waals surface area (Å²) in [6, 6.07) is 10.1. The summed E-state index contributed by atoms with van der Waals surface area (Å²) >= 11 is 5.03. The van der Waals surface area contributed by atoms with Gasteiger partial charge in [0.1, 0.15) is 5.69 Å². The highest BCUT2D eigenvalue weighted by Gasteiger charge is 1.98. The molecule has 0 aliphatic carbocycles. The highest BCUT2D eigenvalue weighted by atomic mass is 32.1. The normalized spacial score (nSPS) is 11.2. The van der Waals surface area contributed by atoms with Crippen molar-refractivity contribution < 1.29 is 4.74 Å². The Kier molecular flexibility index (Phi) is 7.58. The lowest BCUT2D eigenvalue weighted by Gasteiger charge is -2.04. The zero-order valence-corrected chi connectivity index (χ0v) is 14.2. The first-order valence-electron chi connectivity index (χ1n) is 7.44. The minimum atomic E-state index is 0.450. The molecule has 126 valence electrons. The van der Waals surface area contributed by atoms with Crippen LogP contribution in [0.3, 0.4) is 0 Å². The minimum Gasteiger partial charge on any atom is -0.383 e. The summed E-state index contributed by atoms with van der Waals surface area (Å²) in [6.45, 7) is 1.92. The van der Waals surface area contributed by atoms with Crippen LogP contribution < -0.4 is 10.7 Å². The number of hydrogen-bond donors (Lipinski definition) is 2. The van der Waals surface area contributed by atoms with Gasteiger partial charge in [-0.2, -0.15) is 5.10 Å². The SMILES string of the molecule is COCCNC(=S)N/N=C/C=C/c1cn(Cc2ccccc2)nn1. The molecule has 0 unspecified atom stereocenters. The van der Waals surface area contributed by atoms with Crippen molar-refractivity contribution >= 4 is 29.6 Å². The van der Waals surface area contributed by atoms with Gasteiger partial charge in [0.15, 0.2) is 5.11 Å². The highest BCUT2D eigenvalue weighted by Crippen LogP contribution is 2.02. The fraction of sp³-hybridized carbons (Fsp3) is 0.250. The Bertz CT molecular complexity index is 683. The molecule has 1 aromatic carbocycles. The molecular formula is C16H20N6OS. The van der Waals surface area contributed by atoms with Gasteiger partial charge in [-0.05, 0) is 29.9 Å². The van der Waals surface area contributed by atoms with Crippen molar-refractivity contribution in [2.24, 2.45) is 5.10 Å². The maximum atomic E-state index is 5.03. The Morgan fingerprint density at radius 3 is 3.00 bits per heavy atom. The fourth-order valence-electron chi connectivity index (χ4n) is 1.82. The van der Waals surface area contributed by atoms with Crippen LogP contribution >= 0.6 is 12.2 Å². The number of thiocarbonyl (C=S) groups is 1. The first kappa shape index (κ1) is 17.8. The third-order valence-corrected chi connectivity index (χ3v) is 3.16. The van der Waals surface area contributed by atoms with E-state index in [0.717, 1.165) is 5.69 Å². The van der Waals surface area contributed by atoms with E-state index in [-0.39, 0.29) is 0 Å². The standard InChI is InChI=1S/C16H20N6OS/c1-23-11-10-17-16(24)20-18-9-5-8-15-13-22(21-19-15)12-14-6-3-2-4-7-14/h2-9,13H,10-12H2,1H3,(H2,17,20,24)/b8-5+,18-9+. The zero-order valence-electron chi connectivity index (χ0n) is 13.4. The molecule has 8 heteroatoms. The average molecular weight is 344 g/mol. The van der Waals surface area contributed by atoms with E-state index in [1.54, 1.807) is 24.1 Å². The number of benzene rings is 1. The molecule has 1 heterocycles. The molecule has 0 spiro atoms. The number of rotatable bonds is 8. The van der Waals surface area contributed by atoms with Crippen molar-refractivity contribution in [3.63, 3.8) is 0 Å². The molecule has 0 aliphatic heterocycles. The fourth-order valence-corrected chi connectivity index (χ4v) is 1.98. The van der Waals surface area contributed by atoms with Crippen LogP contribution in [0, 0.1) is 0 Å². The van der Waals surface area contributed by atoms with Crippen LogP contribution in [0.2, 0.25) is 0 Å². The van der Waals surface area contributed by atoms with Crippen molar-refractivity contribution in [1.82, 2.24) is 25.7 Å². The number of allylic oxidation sites excluding steroid dienone is 1. The summed E-state index contributed by atoms with van der Waals surface area (Å²) in [4.78, 5) is 0. The monoisotopic (exact) mass is 344 g/mol. The molecule has 0 aliphatic rings. The molecule has 2 N–H and O–H groups in total. The highest BCUT2D eigenvalue weighted by molar-refractivity contribution is 7.80. The second-order valence-electron chi connectivity index (χ2n) is 4.82. The van der Waals surface area contributed by atoms with Gasteiger partial charge >= 0.3 is 0 Å². The number of ether oxygens (including phenoxy) is 1. The molecule has 0 radical (unpaired) electrons. The van der Waals surface area contributed by atoms with Gasteiger partial charge in [0.2, 0.25) is 0 Å². The maximum absolute atomic E-state index is 5.03. The summed E-state index contributed by atoms with van der Waals surface area (Å²) < 4.78 is 6.70. The Morgan fingerprint density at radius 1 is 1.38 bits per heavy atom. The lowest BCUT2D eigenvalue weighted by molar-refractivity contribution is 0.204. The van der Waals surface area contributed by atoms with Crippen LogP contribution in [0.1, 0.15) is 11.3 Å². The van der Waals surface area contributed by atoms with Crippen molar-refractivity contribution in [1.29, 1.82) is 0 Å². The summed E-state index contributed by atoms with van der Waals surface area (Å²) in [6.07, 6.45) is 7.06. The van der Waals surface area contributed by atoms with E-state index in [9.17, 15) is 0 Å². The molecular weight excluding hydrogens is 324 g/mol. The van der Waals surface area contributed by atoms with Gasteiger partial charge in [-0.1, -0.05) is 35.5 Å². The topological polar surface area (TPSA) is 76.4 Å². The predicted molar refractivity (Wildman–Crippen MR) is 98.7 cm³/mol. The van der Waals surface area contributed by atoms with Crippen LogP contribution in [0.4, 0.5) is 0 Å². The first-order valence-corrected chi connectivity index (χ1v) is 7.85. The van der Waals surface area contributed by atoms with Crippen molar-refractivity contribution in [3.05, 3.63) is 53.9 Å². The maximum Gasteiger partial charge on any atom is 0.187 e. The van der Waals surface area contributed by atoms with E-state index in [1.807, 2.05) is 30.5 Å². The molecule has 0 fully saturated rings. The van der Waals surface area contributed by atoms with Gasteiger partial charge in [0, 0.05) is 19.9 Å². The Labute approximate surface area is 146 Å². The molecule has 2 rings (SSSR count). The number of hydrazone groups is 1. The van der Waals surface area contributed by atoms with Crippen LogP contribution in [-0.4, -0.2) is 46.6 Å². The van der Waals surface area contributed by atoms with Gasteiger partial charge in [0.25, 0.3) is 0 Å². The largest absolute Gasteiger partial charge is 0.383 e. The van der Waals surface area contributed by atoms with Gasteiger partial charge in [0.05, 0.1) is 19.3 Å². The van der Waals surface area contributed by atoms with E-state index in [1.165, 1.54) is 5.56 Å². The molecule has 0 saturated carbocycles. The number of nitrogens with zero attached hydrogens (tertiary/aromatic N) is 4. The first-order chi connectivity index (χ1) is 11.8. The van der Waals surface area contributed by atoms with Crippen LogP contribution in [-0.2, 0) is 11.3 Å². The molecule has 7 nitrogen and oxygen atoms in total. The number of methoxy groups -OCH3 is 1. The van der Waals surface area contributed by atoms with E-state index in [4.69, 9.17) is 17.0 Å². The van der Waals surface area contributed by atoms with E-state index < -0.39 is 0 Å². The molecule has 0 atom stereocenters. The Morgan fingerprint density at radius 2 is 2.21 bits per heavy atom. The van der Waals surface area contributed by atoms with Crippen molar-refractivity contribution in [2.75, 3.05) is 20.3 Å². The van der Waals surface area contributed by atoms with Gasteiger partial charge in [-0.15, -0.1) is 5.10 Å². The van der Waals surface area contributed by atoms with Gasteiger partial charge in [-0.3, -0.25) is 5.43 Å². The Hall–Kier alpha value is -2.58. The molecule has 2 aromatic rings. The second-order valence-corrected chi connectivity index (χ2v) is 5.23. The van der Waals surface area contributed by atoms with Crippen LogP contribution in [0.5, 0.6) is 0 Å².